The molecule has 0 aliphatic heterocycles. The van der Waals surface area contributed by atoms with Crippen LogP contribution in [-0.4, -0.2) is 33.2 Å². The van der Waals surface area contributed by atoms with E-state index in [0.29, 0.717) is 18.0 Å². The van der Waals surface area contributed by atoms with Gasteiger partial charge in [-0.05, 0) is 43.9 Å². The summed E-state index contributed by atoms with van der Waals surface area (Å²) >= 11 is 0. The Morgan fingerprint density at radius 3 is 2.50 bits per heavy atom. The van der Waals surface area contributed by atoms with E-state index in [4.69, 9.17) is 9.47 Å². The van der Waals surface area contributed by atoms with Gasteiger partial charge in [0, 0.05) is 11.8 Å². The molecule has 0 aromatic heterocycles. The number of hydrogen-bond donors (Lipinski definition) is 2. The Bertz CT molecular complexity index is 484. The molecular formula is C15H22N2O3. The molecule has 5 heteroatoms. The molecule has 110 valence electrons. The van der Waals surface area contributed by atoms with Crippen molar-refractivity contribution in [2.24, 2.45) is 5.92 Å². The number of aryl methyl sites for hydroxylation is 1. The molecule has 0 bridgehead atoms. The van der Waals surface area contributed by atoms with Gasteiger partial charge in [0.15, 0.2) is 11.5 Å². The van der Waals surface area contributed by atoms with Gasteiger partial charge in [-0.1, -0.05) is 0 Å². The van der Waals surface area contributed by atoms with Crippen molar-refractivity contribution in [2.75, 3.05) is 32.6 Å². The zero-order chi connectivity index (χ0) is 14.5. The lowest BCUT2D eigenvalue weighted by molar-refractivity contribution is -0.115. The highest BCUT2D eigenvalue weighted by molar-refractivity contribution is 5.93. The van der Waals surface area contributed by atoms with Crippen LogP contribution in [-0.2, 0) is 4.79 Å². The summed E-state index contributed by atoms with van der Waals surface area (Å²) in [5, 5.41) is 6.06. The minimum absolute atomic E-state index is 0.0408. The Balaban J connectivity index is 1.94. The van der Waals surface area contributed by atoms with Gasteiger partial charge in [0.1, 0.15) is 0 Å². The molecule has 1 fully saturated rings. The average Bonchev–Trinajstić information content (AvgIpc) is 3.24. The molecule has 0 radical (unpaired) electrons. The van der Waals surface area contributed by atoms with Crippen molar-refractivity contribution in [1.82, 2.24) is 5.32 Å². The highest BCUT2D eigenvalue weighted by atomic mass is 16.5. The third kappa shape index (κ3) is 3.87. The van der Waals surface area contributed by atoms with Gasteiger partial charge in [-0.3, -0.25) is 4.79 Å². The molecule has 20 heavy (non-hydrogen) atoms. The molecule has 1 aliphatic carbocycles. The molecule has 2 N–H and O–H groups in total. The van der Waals surface area contributed by atoms with Crippen LogP contribution in [0.4, 0.5) is 5.69 Å². The van der Waals surface area contributed by atoms with E-state index < -0.39 is 0 Å². The van der Waals surface area contributed by atoms with Crippen LogP contribution in [0.5, 0.6) is 11.5 Å². The molecule has 1 aromatic rings. The van der Waals surface area contributed by atoms with Gasteiger partial charge in [-0.2, -0.15) is 0 Å². The molecule has 0 spiro atoms. The van der Waals surface area contributed by atoms with E-state index in [2.05, 4.69) is 10.6 Å². The fourth-order valence-electron chi connectivity index (χ4n) is 2.02. The zero-order valence-corrected chi connectivity index (χ0v) is 12.3. The van der Waals surface area contributed by atoms with E-state index in [9.17, 15) is 4.79 Å². The zero-order valence-electron chi connectivity index (χ0n) is 12.3. The minimum Gasteiger partial charge on any atom is -0.493 e. The lowest BCUT2D eigenvalue weighted by Crippen LogP contribution is -2.29. The highest BCUT2D eigenvalue weighted by Crippen LogP contribution is 2.32. The minimum atomic E-state index is -0.0408. The van der Waals surface area contributed by atoms with Gasteiger partial charge in [-0.15, -0.1) is 0 Å². The van der Waals surface area contributed by atoms with Gasteiger partial charge < -0.3 is 20.1 Å². The molecule has 1 saturated carbocycles. The largest absolute Gasteiger partial charge is 0.493 e. The highest BCUT2D eigenvalue weighted by Gasteiger charge is 2.20. The first-order valence-electron chi connectivity index (χ1n) is 6.87. The van der Waals surface area contributed by atoms with Crippen LogP contribution in [0.2, 0.25) is 0 Å². The molecule has 0 atom stereocenters. The van der Waals surface area contributed by atoms with Crippen molar-refractivity contribution in [2.45, 2.75) is 19.8 Å². The first kappa shape index (κ1) is 14.7. The van der Waals surface area contributed by atoms with E-state index in [1.165, 1.54) is 12.8 Å². The van der Waals surface area contributed by atoms with E-state index >= 15 is 0 Å². The maximum Gasteiger partial charge on any atom is 0.238 e. The van der Waals surface area contributed by atoms with Crippen molar-refractivity contribution in [1.29, 1.82) is 0 Å². The second-order valence-electron chi connectivity index (χ2n) is 5.14. The topological polar surface area (TPSA) is 59.6 Å². The number of ether oxygens (including phenoxy) is 2. The van der Waals surface area contributed by atoms with Crippen LogP contribution >= 0.6 is 0 Å². The van der Waals surface area contributed by atoms with Gasteiger partial charge in [-0.25, -0.2) is 0 Å². The Morgan fingerprint density at radius 1 is 1.25 bits per heavy atom. The summed E-state index contributed by atoms with van der Waals surface area (Å²) in [5.41, 5.74) is 1.69. The van der Waals surface area contributed by atoms with E-state index in [1.54, 1.807) is 20.3 Å². The van der Waals surface area contributed by atoms with E-state index in [1.807, 2.05) is 13.0 Å². The van der Waals surface area contributed by atoms with Crippen molar-refractivity contribution < 1.29 is 14.3 Å². The molecule has 1 amide bonds. The molecular weight excluding hydrogens is 256 g/mol. The Kier molecular flexibility index (Phi) is 4.84. The van der Waals surface area contributed by atoms with E-state index in [0.717, 1.165) is 23.7 Å². The van der Waals surface area contributed by atoms with Crippen LogP contribution in [0.15, 0.2) is 12.1 Å². The monoisotopic (exact) mass is 278 g/mol. The third-order valence-corrected chi connectivity index (χ3v) is 3.42. The summed E-state index contributed by atoms with van der Waals surface area (Å²) in [4.78, 5) is 11.9. The fraction of sp³-hybridized carbons (Fsp3) is 0.533. The molecule has 1 aromatic carbocycles. The Hall–Kier alpha value is -1.75. The van der Waals surface area contributed by atoms with Crippen molar-refractivity contribution in [3.8, 4) is 11.5 Å². The number of carbonyl (C=O) groups excluding carboxylic acids is 1. The normalized spacial score (nSPS) is 13.9. The molecule has 0 heterocycles. The number of anilines is 1. The van der Waals surface area contributed by atoms with Crippen molar-refractivity contribution >= 4 is 11.6 Å². The number of methoxy groups -OCH3 is 2. The summed E-state index contributed by atoms with van der Waals surface area (Å²) < 4.78 is 10.5. The number of nitrogens with one attached hydrogen (secondary N) is 2. The van der Waals surface area contributed by atoms with Gasteiger partial charge in [0.2, 0.25) is 5.91 Å². The van der Waals surface area contributed by atoms with E-state index in [-0.39, 0.29) is 5.91 Å². The van der Waals surface area contributed by atoms with Crippen molar-refractivity contribution in [3.05, 3.63) is 17.7 Å². The van der Waals surface area contributed by atoms with Crippen LogP contribution in [0.25, 0.3) is 0 Å². The van der Waals surface area contributed by atoms with Gasteiger partial charge in [0.05, 0.1) is 20.8 Å². The summed E-state index contributed by atoms with van der Waals surface area (Å²) in [6.45, 7) is 3.19. The second kappa shape index (κ2) is 6.61. The standard InChI is InChI=1S/C15H22N2O3/c1-10-6-13(19-2)14(20-3)7-12(10)17-15(18)9-16-8-11-4-5-11/h6-7,11,16H,4-5,8-9H2,1-3H3,(H,17,18). The molecule has 0 unspecified atom stereocenters. The van der Waals surface area contributed by atoms with Crippen LogP contribution < -0.4 is 20.1 Å². The number of rotatable bonds is 7. The fourth-order valence-corrected chi connectivity index (χ4v) is 2.02. The lowest BCUT2D eigenvalue weighted by Gasteiger charge is -2.13. The maximum atomic E-state index is 11.9. The SMILES string of the molecule is COc1cc(C)c(NC(=O)CNCC2CC2)cc1OC. The third-order valence-electron chi connectivity index (χ3n) is 3.42. The summed E-state index contributed by atoms with van der Waals surface area (Å²) in [6, 6.07) is 3.64. The number of hydrogen-bond acceptors (Lipinski definition) is 4. The van der Waals surface area contributed by atoms with Gasteiger partial charge >= 0.3 is 0 Å². The summed E-state index contributed by atoms with van der Waals surface area (Å²) in [5.74, 6) is 2.00. The summed E-state index contributed by atoms with van der Waals surface area (Å²) in [7, 11) is 3.17. The lowest BCUT2D eigenvalue weighted by atomic mass is 10.1. The summed E-state index contributed by atoms with van der Waals surface area (Å²) in [6.07, 6.45) is 2.56. The number of carbonyl (C=O) groups is 1. The Labute approximate surface area is 119 Å². The van der Waals surface area contributed by atoms with Crippen LogP contribution in [0.1, 0.15) is 18.4 Å². The first-order chi connectivity index (χ1) is 9.63. The molecule has 2 rings (SSSR count). The van der Waals surface area contributed by atoms with Gasteiger partial charge in [0.25, 0.3) is 0 Å². The maximum absolute atomic E-state index is 11.9. The molecule has 5 nitrogen and oxygen atoms in total. The predicted molar refractivity (Wildman–Crippen MR) is 78.5 cm³/mol. The van der Waals surface area contributed by atoms with Crippen LogP contribution in [0, 0.1) is 12.8 Å². The molecule has 0 saturated heterocycles. The molecule has 1 aliphatic rings. The predicted octanol–water partition coefficient (Wildman–Crippen LogP) is 1.95. The second-order valence-corrected chi connectivity index (χ2v) is 5.14. The van der Waals surface area contributed by atoms with Crippen molar-refractivity contribution in [3.63, 3.8) is 0 Å². The number of benzene rings is 1. The van der Waals surface area contributed by atoms with Crippen LogP contribution in [0.3, 0.4) is 0 Å². The average molecular weight is 278 g/mol. The Morgan fingerprint density at radius 2 is 1.90 bits per heavy atom. The first-order valence-corrected chi connectivity index (χ1v) is 6.87. The smallest absolute Gasteiger partial charge is 0.238 e. The number of amides is 1. The quantitative estimate of drug-likeness (QED) is 0.800.